The summed E-state index contributed by atoms with van der Waals surface area (Å²) in [5.74, 6) is 0.401. The maximum Gasteiger partial charge on any atom is 0.433 e. The van der Waals surface area contributed by atoms with Crippen molar-refractivity contribution in [3.05, 3.63) is 76.0 Å². The van der Waals surface area contributed by atoms with Crippen molar-refractivity contribution in [3.63, 3.8) is 0 Å². The van der Waals surface area contributed by atoms with Gasteiger partial charge in [-0.2, -0.15) is 0 Å². The lowest BCUT2D eigenvalue weighted by Gasteiger charge is -2.27. The summed E-state index contributed by atoms with van der Waals surface area (Å²) in [6.07, 6.45) is 1.14. The van der Waals surface area contributed by atoms with Gasteiger partial charge in [0.05, 0.1) is 32.2 Å². The van der Waals surface area contributed by atoms with Crippen LogP contribution in [0.4, 0.5) is 26.6 Å². The lowest BCUT2D eigenvalue weighted by molar-refractivity contribution is -0.402. The Bertz CT molecular complexity index is 1240. The number of anilines is 2. The molecule has 1 N–H and O–H groups in total. The van der Waals surface area contributed by atoms with E-state index in [2.05, 4.69) is 10.5 Å². The molecule has 0 aliphatic carbocycles. The Hall–Kier alpha value is -4.19. The minimum atomic E-state index is -0.598. The molecule has 0 spiro atoms. The van der Waals surface area contributed by atoms with Crippen LogP contribution in [0.15, 0.2) is 63.5 Å². The topological polar surface area (TPSA) is 127 Å². The summed E-state index contributed by atoms with van der Waals surface area (Å²) < 4.78 is 30.3. The number of nitrogens with zero attached hydrogens (tertiary/aromatic N) is 4. The van der Waals surface area contributed by atoms with Crippen LogP contribution in [-0.4, -0.2) is 53.4 Å². The normalized spacial score (nSPS) is 18.7. The van der Waals surface area contributed by atoms with E-state index in [1.54, 1.807) is 30.3 Å². The van der Waals surface area contributed by atoms with E-state index < -0.39 is 11.0 Å². The number of carbonyl (C=O) groups excluding carboxylic acids is 1. The van der Waals surface area contributed by atoms with Gasteiger partial charge in [0.25, 0.3) is 0 Å². The number of halogens is 1. The van der Waals surface area contributed by atoms with Gasteiger partial charge in [-0.05, 0) is 35.8 Å². The van der Waals surface area contributed by atoms with Gasteiger partial charge in [0, 0.05) is 18.3 Å². The van der Waals surface area contributed by atoms with E-state index in [0.29, 0.717) is 48.9 Å². The van der Waals surface area contributed by atoms with Crippen molar-refractivity contribution in [2.24, 2.45) is 0 Å². The van der Waals surface area contributed by atoms with Gasteiger partial charge < -0.3 is 19.0 Å². The highest BCUT2D eigenvalue weighted by atomic mass is 19.1. The Balaban J connectivity index is 1.19. The van der Waals surface area contributed by atoms with Crippen molar-refractivity contribution in [3.8, 4) is 0 Å². The van der Waals surface area contributed by atoms with Gasteiger partial charge in [0.1, 0.15) is 28.9 Å². The molecule has 1 aromatic carbocycles. The fourth-order valence-corrected chi connectivity index (χ4v) is 4.19. The molecule has 0 bridgehead atoms. The van der Waals surface area contributed by atoms with Crippen molar-refractivity contribution in [1.82, 2.24) is 10.1 Å². The summed E-state index contributed by atoms with van der Waals surface area (Å²) in [6.45, 7) is 1.73. The summed E-state index contributed by atoms with van der Waals surface area (Å²) in [4.78, 5) is 25.9. The second kappa shape index (κ2) is 9.58. The first-order chi connectivity index (χ1) is 17.0. The highest BCUT2D eigenvalue weighted by molar-refractivity contribution is 5.90. The van der Waals surface area contributed by atoms with E-state index in [1.165, 1.54) is 23.3 Å². The number of benzene rings is 1. The van der Waals surface area contributed by atoms with Crippen molar-refractivity contribution in [2.45, 2.75) is 19.1 Å². The van der Waals surface area contributed by atoms with Crippen molar-refractivity contribution in [2.75, 3.05) is 36.4 Å². The van der Waals surface area contributed by atoms with Gasteiger partial charge in [0.2, 0.25) is 0 Å². The first-order valence-electron chi connectivity index (χ1n) is 11.0. The Labute approximate surface area is 198 Å². The molecule has 0 saturated carbocycles. The molecule has 182 valence electrons. The van der Waals surface area contributed by atoms with Crippen molar-refractivity contribution in [1.29, 1.82) is 0 Å². The molecule has 0 radical (unpaired) electrons. The first-order valence-corrected chi connectivity index (χ1v) is 11.0. The number of amides is 1. The summed E-state index contributed by atoms with van der Waals surface area (Å²) in [5.41, 5.74) is 2.02. The number of carbonyl (C=O) groups is 1. The van der Waals surface area contributed by atoms with Crippen LogP contribution >= 0.6 is 0 Å². The zero-order valence-corrected chi connectivity index (χ0v) is 18.6. The molecule has 5 rings (SSSR count). The molecule has 2 aliphatic heterocycles. The van der Waals surface area contributed by atoms with Crippen LogP contribution in [0.3, 0.4) is 0 Å². The molecule has 3 aromatic rings. The average Bonchev–Trinajstić information content (AvgIpc) is 3.60. The SMILES string of the molecule is O=C1O[C@H](CNc2ccon2)CN1c1ccc(C2=C(F)CN(Cc3ccc([N+](=O)[O-])o3)CC2)cc1. The Morgan fingerprint density at radius 1 is 1.20 bits per heavy atom. The number of hydrogen-bond acceptors (Lipinski definition) is 9. The lowest BCUT2D eigenvalue weighted by atomic mass is 9.98. The third kappa shape index (κ3) is 5.01. The van der Waals surface area contributed by atoms with Gasteiger partial charge in [-0.1, -0.05) is 17.3 Å². The third-order valence-electron chi connectivity index (χ3n) is 5.92. The number of nitrogens with one attached hydrogen (secondary N) is 1. The number of hydrogen-bond donors (Lipinski definition) is 1. The maximum atomic E-state index is 14.9. The summed E-state index contributed by atoms with van der Waals surface area (Å²) >= 11 is 0. The highest BCUT2D eigenvalue weighted by Crippen LogP contribution is 2.31. The van der Waals surface area contributed by atoms with E-state index in [9.17, 15) is 19.3 Å². The molecule has 11 nitrogen and oxygen atoms in total. The Kier molecular flexibility index (Phi) is 6.19. The number of cyclic esters (lactones) is 1. The van der Waals surface area contributed by atoms with E-state index in [1.807, 2.05) is 4.90 Å². The fraction of sp³-hybridized carbons (Fsp3) is 0.304. The number of nitro groups is 1. The molecule has 2 aliphatic rings. The predicted octanol–water partition coefficient (Wildman–Crippen LogP) is 4.20. The zero-order chi connectivity index (χ0) is 24.4. The molecule has 4 heterocycles. The third-order valence-corrected chi connectivity index (χ3v) is 5.92. The number of rotatable bonds is 8. The van der Waals surface area contributed by atoms with Crippen molar-refractivity contribution >= 4 is 29.1 Å². The minimum absolute atomic E-state index is 0.0875. The fourth-order valence-electron chi connectivity index (χ4n) is 4.19. The first kappa shape index (κ1) is 22.6. The van der Waals surface area contributed by atoms with E-state index in [4.69, 9.17) is 13.7 Å². The molecule has 2 aromatic heterocycles. The molecule has 12 heteroatoms. The largest absolute Gasteiger partial charge is 0.442 e. The number of aromatic nitrogens is 1. The molecule has 1 fully saturated rings. The van der Waals surface area contributed by atoms with Gasteiger partial charge in [-0.3, -0.25) is 19.9 Å². The second-order valence-corrected chi connectivity index (χ2v) is 8.27. The zero-order valence-electron chi connectivity index (χ0n) is 18.6. The van der Waals surface area contributed by atoms with Crippen molar-refractivity contribution < 1.29 is 27.8 Å². The van der Waals surface area contributed by atoms with E-state index in [0.717, 1.165) is 5.56 Å². The standard InChI is InChI=1S/C23H22FN5O6/c24-20-14-27(12-17-5-6-22(34-17)29(31)32)9-7-19(20)15-1-3-16(4-2-15)28-13-18(35-23(28)30)11-25-21-8-10-33-26-21/h1-6,8,10,18H,7,9,11-14H2,(H,25,26)/t18-/m1/s1. The van der Waals surface area contributed by atoms with E-state index in [-0.39, 0.29) is 30.9 Å². The Morgan fingerprint density at radius 2 is 2.03 bits per heavy atom. The predicted molar refractivity (Wildman–Crippen MR) is 122 cm³/mol. The minimum Gasteiger partial charge on any atom is -0.442 e. The molecular formula is C23H22FN5O6. The molecule has 35 heavy (non-hydrogen) atoms. The van der Waals surface area contributed by atoms with Gasteiger partial charge in [0.15, 0.2) is 5.82 Å². The van der Waals surface area contributed by atoms with Crippen LogP contribution < -0.4 is 10.2 Å². The van der Waals surface area contributed by atoms with Gasteiger partial charge in [-0.25, -0.2) is 9.18 Å². The van der Waals surface area contributed by atoms with Crippen LogP contribution in [0.25, 0.3) is 5.57 Å². The van der Waals surface area contributed by atoms with E-state index >= 15 is 0 Å². The van der Waals surface area contributed by atoms with Gasteiger partial charge in [-0.15, -0.1) is 0 Å². The van der Waals surface area contributed by atoms with Gasteiger partial charge >= 0.3 is 12.0 Å². The average molecular weight is 483 g/mol. The summed E-state index contributed by atoms with van der Waals surface area (Å²) in [5, 5.41) is 17.6. The maximum absolute atomic E-state index is 14.9. The number of ether oxygens (including phenoxy) is 1. The Morgan fingerprint density at radius 3 is 2.71 bits per heavy atom. The molecule has 1 amide bonds. The highest BCUT2D eigenvalue weighted by Gasteiger charge is 2.32. The van der Waals surface area contributed by atoms with Crippen LogP contribution in [0.5, 0.6) is 0 Å². The number of furan rings is 1. The van der Waals surface area contributed by atoms with Crippen LogP contribution in [0, 0.1) is 10.1 Å². The quantitative estimate of drug-likeness (QED) is 0.370. The van der Waals surface area contributed by atoms with Crippen LogP contribution in [0.2, 0.25) is 0 Å². The summed E-state index contributed by atoms with van der Waals surface area (Å²) in [7, 11) is 0. The monoisotopic (exact) mass is 483 g/mol. The molecule has 1 saturated heterocycles. The summed E-state index contributed by atoms with van der Waals surface area (Å²) in [6, 6.07) is 11.6. The second-order valence-electron chi connectivity index (χ2n) is 8.27. The molecule has 0 unspecified atom stereocenters. The lowest BCUT2D eigenvalue weighted by Crippen LogP contribution is -2.30. The molecular weight excluding hydrogens is 461 g/mol. The van der Waals surface area contributed by atoms with Crippen LogP contribution in [-0.2, 0) is 11.3 Å². The molecule has 1 atom stereocenters. The van der Waals surface area contributed by atoms with Crippen LogP contribution in [0.1, 0.15) is 17.7 Å². The smallest absolute Gasteiger partial charge is 0.433 e.